The van der Waals surface area contributed by atoms with Crippen LogP contribution in [0.4, 0.5) is 15.8 Å². The van der Waals surface area contributed by atoms with E-state index in [0.717, 1.165) is 27.7 Å². The van der Waals surface area contributed by atoms with Crippen LogP contribution in [0.25, 0.3) is 0 Å². The van der Waals surface area contributed by atoms with Crippen molar-refractivity contribution in [3.63, 3.8) is 0 Å². The molecule has 0 unspecified atom stereocenters. The maximum absolute atomic E-state index is 15.0. The van der Waals surface area contributed by atoms with Crippen molar-refractivity contribution in [2.75, 3.05) is 24.3 Å². The van der Waals surface area contributed by atoms with Gasteiger partial charge in [-0.25, -0.2) is 9.18 Å². The summed E-state index contributed by atoms with van der Waals surface area (Å²) in [5.74, 6) is -3.07. The minimum absolute atomic E-state index is 0.00565. The van der Waals surface area contributed by atoms with Crippen LogP contribution in [-0.4, -0.2) is 47.5 Å². The fraction of sp³-hybridized carbons (Fsp3) is 0.364. The van der Waals surface area contributed by atoms with Crippen LogP contribution in [0.3, 0.4) is 0 Å². The zero-order valence-corrected chi connectivity index (χ0v) is 26.3. The lowest BCUT2D eigenvalue weighted by Gasteiger charge is -2.41. The first-order valence-corrected chi connectivity index (χ1v) is 15.6. The summed E-state index contributed by atoms with van der Waals surface area (Å²) in [6, 6.07) is 14.5. The third-order valence-corrected chi connectivity index (χ3v) is 9.28. The smallest absolute Gasteiger partial charge is 0.341 e. The van der Waals surface area contributed by atoms with E-state index in [0.29, 0.717) is 36.7 Å². The number of aromatic hydroxyl groups is 1. The number of nitrogens with one attached hydrogen (secondary N) is 2. The first-order chi connectivity index (χ1) is 20.7. The molecule has 5 rings (SSSR count). The standard InChI is InChI=1S/C33H35FIN3O5/c1-19-7-5-11-25(34)29(19)32(41)38-16-6-10-24(31(40)37-22-13-14-23(28(39)18-22)33(42)43-2)30(38)20-12-15-27(26(35)17-20)36-21-8-3-4-9-21/h5,7,11-15,17-18,21,24,30,36,39H,3-4,6,8-10,16H2,1-2H3,(H,37,40)/t24-,30-/m0/s1. The van der Waals surface area contributed by atoms with Crippen LogP contribution in [0.5, 0.6) is 5.75 Å². The molecule has 2 aliphatic rings. The first kappa shape index (κ1) is 30.8. The van der Waals surface area contributed by atoms with Crippen molar-refractivity contribution in [2.45, 2.75) is 57.5 Å². The SMILES string of the molecule is COC(=O)c1ccc(NC(=O)[C@H]2CCCN(C(=O)c3c(C)cccc3F)[C@H]2c2ccc(NC3CCCC3)c(I)c2)cc1O. The highest BCUT2D eigenvalue weighted by molar-refractivity contribution is 14.1. The number of anilines is 2. The summed E-state index contributed by atoms with van der Waals surface area (Å²) in [6.07, 6.45) is 5.73. The van der Waals surface area contributed by atoms with Crippen molar-refractivity contribution in [1.82, 2.24) is 4.90 Å². The topological polar surface area (TPSA) is 108 Å². The summed E-state index contributed by atoms with van der Waals surface area (Å²) in [5, 5.41) is 16.8. The zero-order valence-electron chi connectivity index (χ0n) is 24.2. The molecule has 1 saturated heterocycles. The van der Waals surface area contributed by atoms with Gasteiger partial charge in [-0.15, -0.1) is 0 Å². The monoisotopic (exact) mass is 699 g/mol. The van der Waals surface area contributed by atoms with E-state index < -0.39 is 29.7 Å². The Hall–Kier alpha value is -3.67. The number of esters is 1. The number of rotatable bonds is 7. The van der Waals surface area contributed by atoms with Gasteiger partial charge in [0.1, 0.15) is 17.1 Å². The Morgan fingerprint density at radius 3 is 2.47 bits per heavy atom. The second-order valence-electron chi connectivity index (χ2n) is 11.2. The van der Waals surface area contributed by atoms with Crippen molar-refractivity contribution in [3.8, 4) is 5.75 Å². The van der Waals surface area contributed by atoms with Gasteiger partial charge in [-0.1, -0.05) is 31.0 Å². The highest BCUT2D eigenvalue weighted by Crippen LogP contribution is 2.40. The van der Waals surface area contributed by atoms with Crippen LogP contribution in [0.2, 0.25) is 0 Å². The lowest BCUT2D eigenvalue weighted by atomic mass is 9.83. The molecule has 2 amide bonds. The average molecular weight is 700 g/mol. The Labute approximate surface area is 264 Å². The predicted molar refractivity (Wildman–Crippen MR) is 171 cm³/mol. The molecule has 226 valence electrons. The lowest BCUT2D eigenvalue weighted by molar-refractivity contribution is -0.123. The summed E-state index contributed by atoms with van der Waals surface area (Å²) >= 11 is 2.28. The molecule has 3 aromatic carbocycles. The molecule has 0 bridgehead atoms. The number of ether oxygens (including phenoxy) is 1. The largest absolute Gasteiger partial charge is 0.507 e. The molecule has 43 heavy (non-hydrogen) atoms. The minimum Gasteiger partial charge on any atom is -0.507 e. The molecule has 3 N–H and O–H groups in total. The lowest BCUT2D eigenvalue weighted by Crippen LogP contribution is -2.46. The van der Waals surface area contributed by atoms with Crippen molar-refractivity contribution in [1.29, 1.82) is 0 Å². The fourth-order valence-corrected chi connectivity index (χ4v) is 6.90. The van der Waals surface area contributed by atoms with E-state index in [4.69, 9.17) is 0 Å². The molecule has 3 aromatic rings. The number of amides is 2. The van der Waals surface area contributed by atoms with Gasteiger partial charge < -0.3 is 25.4 Å². The zero-order chi connectivity index (χ0) is 30.7. The number of halogens is 2. The van der Waals surface area contributed by atoms with Gasteiger partial charge in [0.2, 0.25) is 5.91 Å². The molecule has 0 radical (unpaired) electrons. The van der Waals surface area contributed by atoms with Crippen molar-refractivity contribution >= 4 is 51.7 Å². The Morgan fingerprint density at radius 2 is 1.79 bits per heavy atom. The molecule has 0 aromatic heterocycles. The number of likely N-dealkylation sites (tertiary alicyclic amines) is 1. The number of hydrogen-bond donors (Lipinski definition) is 3. The molecular formula is C33H35FIN3O5. The number of piperidine rings is 1. The Morgan fingerprint density at radius 1 is 1.02 bits per heavy atom. The number of benzene rings is 3. The number of methoxy groups -OCH3 is 1. The first-order valence-electron chi connectivity index (χ1n) is 14.5. The molecule has 1 aliphatic carbocycles. The number of hydrogen-bond acceptors (Lipinski definition) is 6. The number of phenols is 1. The maximum Gasteiger partial charge on any atom is 0.341 e. The molecular weight excluding hydrogens is 664 g/mol. The van der Waals surface area contributed by atoms with E-state index in [9.17, 15) is 23.9 Å². The van der Waals surface area contributed by atoms with Crippen LogP contribution >= 0.6 is 22.6 Å². The van der Waals surface area contributed by atoms with Crippen LogP contribution in [-0.2, 0) is 9.53 Å². The molecule has 0 spiro atoms. The van der Waals surface area contributed by atoms with E-state index >= 15 is 0 Å². The van der Waals surface area contributed by atoms with E-state index in [2.05, 4.69) is 38.0 Å². The third kappa shape index (κ3) is 6.63. The fourth-order valence-electron chi connectivity index (χ4n) is 6.21. The maximum atomic E-state index is 15.0. The predicted octanol–water partition coefficient (Wildman–Crippen LogP) is 6.82. The van der Waals surface area contributed by atoms with E-state index in [-0.39, 0.29) is 22.8 Å². The number of carbonyl (C=O) groups is 3. The summed E-state index contributed by atoms with van der Waals surface area (Å²) in [7, 11) is 1.22. The third-order valence-electron chi connectivity index (χ3n) is 8.38. The summed E-state index contributed by atoms with van der Waals surface area (Å²) < 4.78 is 20.7. The normalized spacial score (nSPS) is 18.7. The average Bonchev–Trinajstić information content (AvgIpc) is 3.50. The van der Waals surface area contributed by atoms with Gasteiger partial charge in [-0.3, -0.25) is 9.59 Å². The number of phenolic OH excluding ortho intramolecular Hbond substituents is 1. The van der Waals surface area contributed by atoms with Gasteiger partial charge >= 0.3 is 5.97 Å². The van der Waals surface area contributed by atoms with Gasteiger partial charge in [-0.2, -0.15) is 0 Å². The molecule has 1 aliphatic heterocycles. The Bertz CT molecular complexity index is 1520. The van der Waals surface area contributed by atoms with Crippen molar-refractivity contribution in [3.05, 3.63) is 86.2 Å². The molecule has 2 fully saturated rings. The van der Waals surface area contributed by atoms with Gasteiger partial charge in [0.05, 0.1) is 24.6 Å². The molecule has 2 atom stereocenters. The molecule has 1 saturated carbocycles. The van der Waals surface area contributed by atoms with Crippen LogP contribution in [0.15, 0.2) is 54.6 Å². The van der Waals surface area contributed by atoms with Crippen molar-refractivity contribution < 1.29 is 28.6 Å². The van der Waals surface area contributed by atoms with E-state index in [1.807, 2.05) is 18.2 Å². The van der Waals surface area contributed by atoms with Crippen molar-refractivity contribution in [2.24, 2.45) is 5.92 Å². The van der Waals surface area contributed by atoms with Gasteiger partial charge in [0, 0.05) is 33.6 Å². The Balaban J connectivity index is 1.49. The highest BCUT2D eigenvalue weighted by Gasteiger charge is 2.41. The minimum atomic E-state index is -0.694. The van der Waals surface area contributed by atoms with Gasteiger partial charge in [-0.05, 0) is 96.7 Å². The summed E-state index contributed by atoms with van der Waals surface area (Å²) in [6.45, 7) is 2.07. The number of carbonyl (C=O) groups excluding carboxylic acids is 3. The number of aryl methyl sites for hydroxylation is 1. The molecule has 8 nitrogen and oxygen atoms in total. The molecule has 10 heteroatoms. The van der Waals surface area contributed by atoms with Gasteiger partial charge in [0.15, 0.2) is 0 Å². The summed E-state index contributed by atoms with van der Waals surface area (Å²) in [5.41, 5.74) is 2.61. The molecule has 1 heterocycles. The second kappa shape index (κ2) is 13.3. The second-order valence-corrected chi connectivity index (χ2v) is 12.4. The number of nitrogens with zero attached hydrogens (tertiary/aromatic N) is 1. The van der Waals surface area contributed by atoms with E-state index in [1.54, 1.807) is 24.0 Å². The van der Waals surface area contributed by atoms with Crippen LogP contribution < -0.4 is 10.6 Å². The Kier molecular flexibility index (Phi) is 9.53. The summed E-state index contributed by atoms with van der Waals surface area (Å²) in [4.78, 5) is 41.3. The van der Waals surface area contributed by atoms with E-state index in [1.165, 1.54) is 44.2 Å². The van der Waals surface area contributed by atoms with Crippen LogP contribution in [0.1, 0.15) is 76.4 Å². The highest BCUT2D eigenvalue weighted by atomic mass is 127. The van der Waals surface area contributed by atoms with Gasteiger partial charge in [0.25, 0.3) is 5.91 Å². The van der Waals surface area contributed by atoms with Crippen LogP contribution in [0, 0.1) is 22.2 Å². The quantitative estimate of drug-likeness (QED) is 0.185.